The molecule has 0 atom stereocenters. The number of anilines is 1. The Morgan fingerprint density at radius 3 is 2.87 bits per heavy atom. The summed E-state index contributed by atoms with van der Waals surface area (Å²) in [6.45, 7) is 4.65. The van der Waals surface area contributed by atoms with Crippen LogP contribution in [0.15, 0.2) is 27.7 Å². The molecule has 0 aliphatic heterocycles. The highest BCUT2D eigenvalue weighted by Gasteiger charge is 2.03. The van der Waals surface area contributed by atoms with Crippen LogP contribution in [0.1, 0.15) is 12.5 Å². The van der Waals surface area contributed by atoms with Gasteiger partial charge in [0, 0.05) is 11.0 Å². The molecule has 0 saturated heterocycles. The van der Waals surface area contributed by atoms with E-state index in [1.54, 1.807) is 0 Å². The molecule has 1 aromatic rings. The van der Waals surface area contributed by atoms with Crippen molar-refractivity contribution in [2.24, 2.45) is 10.8 Å². The molecular weight excluding hydrogens is 256 g/mol. The third-order valence-electron chi connectivity index (χ3n) is 1.90. The van der Waals surface area contributed by atoms with Crippen LogP contribution >= 0.6 is 15.9 Å². The van der Waals surface area contributed by atoms with Gasteiger partial charge in [-0.25, -0.2) is 5.84 Å². The highest BCUT2D eigenvalue weighted by atomic mass is 79.9. The molecule has 5 heteroatoms. The van der Waals surface area contributed by atoms with Crippen molar-refractivity contribution in [3.8, 4) is 0 Å². The second kappa shape index (κ2) is 5.72. The Morgan fingerprint density at radius 2 is 2.27 bits per heavy atom. The minimum absolute atomic E-state index is 0.559. The van der Waals surface area contributed by atoms with Gasteiger partial charge in [0.1, 0.15) is 0 Å². The zero-order valence-corrected chi connectivity index (χ0v) is 10.4. The number of aryl methyl sites for hydroxylation is 1. The van der Waals surface area contributed by atoms with Gasteiger partial charge < -0.3 is 5.32 Å². The molecule has 0 aliphatic rings. The predicted molar refractivity (Wildman–Crippen MR) is 67.8 cm³/mol. The minimum Gasteiger partial charge on any atom is -0.324 e. The summed E-state index contributed by atoms with van der Waals surface area (Å²) in [5.74, 6) is 5.90. The number of hydrazine groups is 1. The van der Waals surface area contributed by atoms with Crippen LogP contribution in [0.25, 0.3) is 0 Å². The van der Waals surface area contributed by atoms with E-state index in [1.807, 2.05) is 32.0 Å². The fraction of sp³-hybridized carbons (Fsp3) is 0.300. The highest BCUT2D eigenvalue weighted by molar-refractivity contribution is 9.10. The lowest BCUT2D eigenvalue weighted by Gasteiger charge is -2.11. The highest BCUT2D eigenvalue weighted by Crippen LogP contribution is 2.25. The topological polar surface area (TPSA) is 62.4 Å². The van der Waals surface area contributed by atoms with Gasteiger partial charge in [0.25, 0.3) is 0 Å². The van der Waals surface area contributed by atoms with Gasteiger partial charge in [0.05, 0.1) is 5.69 Å². The van der Waals surface area contributed by atoms with Crippen LogP contribution in [-0.2, 0) is 0 Å². The summed E-state index contributed by atoms with van der Waals surface area (Å²) < 4.78 is 1.02. The first kappa shape index (κ1) is 12.0. The van der Waals surface area contributed by atoms with Crippen LogP contribution < -0.4 is 16.6 Å². The Labute approximate surface area is 98.1 Å². The average Bonchev–Trinajstić information content (AvgIpc) is 2.24. The van der Waals surface area contributed by atoms with Crippen LogP contribution in [0.5, 0.6) is 0 Å². The summed E-state index contributed by atoms with van der Waals surface area (Å²) >= 11 is 3.50. The third-order valence-corrected chi connectivity index (χ3v) is 2.95. The Morgan fingerprint density at radius 1 is 1.53 bits per heavy atom. The first-order valence-corrected chi connectivity index (χ1v) is 5.51. The number of nitrogens with one attached hydrogen (secondary N) is 2. The van der Waals surface area contributed by atoms with Crippen molar-refractivity contribution in [1.82, 2.24) is 5.43 Å². The van der Waals surface area contributed by atoms with Gasteiger partial charge in [0.15, 0.2) is 0 Å². The molecular formula is C10H15BrN4. The summed E-state index contributed by atoms with van der Waals surface area (Å²) in [5.41, 5.74) is 4.62. The molecule has 0 saturated carbocycles. The van der Waals surface area contributed by atoms with E-state index in [4.69, 9.17) is 5.84 Å². The maximum absolute atomic E-state index is 5.34. The lowest BCUT2D eigenvalue weighted by molar-refractivity contribution is 0.985. The van der Waals surface area contributed by atoms with Crippen molar-refractivity contribution in [3.63, 3.8) is 0 Å². The lowest BCUT2D eigenvalue weighted by atomic mass is 10.2. The number of aliphatic imine (C=N–C) groups is 1. The van der Waals surface area contributed by atoms with E-state index in [0.717, 1.165) is 15.7 Å². The van der Waals surface area contributed by atoms with E-state index < -0.39 is 0 Å². The van der Waals surface area contributed by atoms with Crippen LogP contribution in [0.3, 0.4) is 0 Å². The molecule has 4 nitrogen and oxygen atoms in total. The van der Waals surface area contributed by atoms with E-state index in [-0.39, 0.29) is 0 Å². The first-order chi connectivity index (χ1) is 7.19. The predicted octanol–water partition coefficient (Wildman–Crippen LogP) is 2.01. The number of halogens is 1. The maximum atomic E-state index is 5.34. The van der Waals surface area contributed by atoms with Crippen molar-refractivity contribution < 1.29 is 0 Å². The van der Waals surface area contributed by atoms with E-state index in [0.29, 0.717) is 12.5 Å². The molecule has 1 rings (SSSR count). The Balaban J connectivity index is 2.88. The molecule has 4 N–H and O–H groups in total. The van der Waals surface area contributed by atoms with Gasteiger partial charge in [-0.3, -0.25) is 10.4 Å². The number of hydrogen-bond donors (Lipinski definition) is 3. The van der Waals surface area contributed by atoms with Gasteiger partial charge >= 0.3 is 0 Å². The zero-order valence-electron chi connectivity index (χ0n) is 8.84. The molecule has 0 aromatic heterocycles. The monoisotopic (exact) mass is 270 g/mol. The number of hydrogen-bond acceptors (Lipinski definition) is 2. The molecule has 0 unspecified atom stereocenters. The van der Waals surface area contributed by atoms with Gasteiger partial charge in [-0.05, 0) is 41.4 Å². The average molecular weight is 271 g/mol. The van der Waals surface area contributed by atoms with Crippen molar-refractivity contribution in [3.05, 3.63) is 28.2 Å². The van der Waals surface area contributed by atoms with E-state index in [1.165, 1.54) is 0 Å². The van der Waals surface area contributed by atoms with Crippen molar-refractivity contribution in [2.75, 3.05) is 11.9 Å². The van der Waals surface area contributed by atoms with Gasteiger partial charge in [0.2, 0.25) is 5.96 Å². The fourth-order valence-electron chi connectivity index (χ4n) is 1.15. The molecule has 0 heterocycles. The molecule has 0 amide bonds. The minimum atomic E-state index is 0.559. The third kappa shape index (κ3) is 3.21. The Bertz CT molecular complexity index is 362. The number of guanidine groups is 1. The first-order valence-electron chi connectivity index (χ1n) is 4.72. The van der Waals surface area contributed by atoms with Crippen LogP contribution in [0.2, 0.25) is 0 Å². The molecule has 82 valence electrons. The van der Waals surface area contributed by atoms with E-state index in [2.05, 4.69) is 31.7 Å². The number of nitrogens with zero attached hydrogens (tertiary/aromatic N) is 1. The summed E-state index contributed by atoms with van der Waals surface area (Å²) in [6.07, 6.45) is 0. The second-order valence-electron chi connectivity index (χ2n) is 3.03. The molecule has 0 radical (unpaired) electrons. The number of rotatable bonds is 2. The Kier molecular flexibility index (Phi) is 4.58. The molecule has 1 aromatic carbocycles. The van der Waals surface area contributed by atoms with Gasteiger partial charge in [-0.1, -0.05) is 12.1 Å². The molecule has 15 heavy (non-hydrogen) atoms. The van der Waals surface area contributed by atoms with Crippen molar-refractivity contribution in [1.29, 1.82) is 0 Å². The van der Waals surface area contributed by atoms with E-state index in [9.17, 15) is 0 Å². The summed E-state index contributed by atoms with van der Waals surface area (Å²) in [5, 5.41) is 3.11. The zero-order chi connectivity index (χ0) is 11.3. The summed E-state index contributed by atoms with van der Waals surface area (Å²) in [7, 11) is 0. The quantitative estimate of drug-likeness (QED) is 0.334. The lowest BCUT2D eigenvalue weighted by Crippen LogP contribution is -2.36. The molecule has 0 bridgehead atoms. The van der Waals surface area contributed by atoms with Gasteiger partial charge in [-0.15, -0.1) is 0 Å². The second-order valence-corrected chi connectivity index (χ2v) is 3.82. The molecule has 0 fully saturated rings. The smallest absolute Gasteiger partial charge is 0.210 e. The van der Waals surface area contributed by atoms with Crippen LogP contribution in [-0.4, -0.2) is 12.5 Å². The van der Waals surface area contributed by atoms with Gasteiger partial charge in [-0.2, -0.15) is 0 Å². The van der Waals surface area contributed by atoms with E-state index >= 15 is 0 Å². The number of nitrogens with two attached hydrogens (primary N) is 1. The standard InChI is InChI=1S/C10H15BrN4/c1-3-13-10(15-12)14-8-6-4-5-7(2)9(8)11/h4-6H,3,12H2,1-2H3,(H2,13,14,15). The SMILES string of the molecule is CCN=C(NN)Nc1cccc(C)c1Br. The van der Waals surface area contributed by atoms with Crippen molar-refractivity contribution in [2.45, 2.75) is 13.8 Å². The Hall–Kier alpha value is -1.07. The van der Waals surface area contributed by atoms with Crippen LogP contribution in [0.4, 0.5) is 5.69 Å². The molecule has 0 spiro atoms. The normalized spacial score (nSPS) is 11.3. The summed E-state index contributed by atoms with van der Waals surface area (Å²) in [6, 6.07) is 5.96. The van der Waals surface area contributed by atoms with Crippen molar-refractivity contribution >= 4 is 27.6 Å². The molecule has 0 aliphatic carbocycles. The largest absolute Gasteiger partial charge is 0.324 e. The summed E-state index contributed by atoms with van der Waals surface area (Å²) in [4.78, 5) is 4.16. The fourth-order valence-corrected chi connectivity index (χ4v) is 1.51. The maximum Gasteiger partial charge on any atom is 0.210 e. The number of benzene rings is 1. The van der Waals surface area contributed by atoms with Crippen LogP contribution in [0, 0.1) is 6.92 Å².